The number of esters is 1. The number of benzene rings is 1. The average molecular weight is 285 g/mol. The highest BCUT2D eigenvalue weighted by Gasteiger charge is 2.21. The third-order valence-electron chi connectivity index (χ3n) is 3.34. The number of rotatable bonds is 5. The minimum Gasteiger partial charge on any atom is -0.493 e. The van der Waals surface area contributed by atoms with E-state index in [1.54, 1.807) is 12.1 Å². The first-order valence-electron chi connectivity index (χ1n) is 6.29. The van der Waals surface area contributed by atoms with Crippen molar-refractivity contribution in [3.05, 3.63) is 28.8 Å². The van der Waals surface area contributed by atoms with Gasteiger partial charge in [0, 0.05) is 5.02 Å². The summed E-state index contributed by atoms with van der Waals surface area (Å²) < 4.78 is 10.1. The predicted octanol–water partition coefficient (Wildman–Crippen LogP) is 2.73. The molecule has 1 N–H and O–H groups in total. The van der Waals surface area contributed by atoms with Crippen LogP contribution >= 0.6 is 11.6 Å². The zero-order chi connectivity index (χ0) is 13.8. The van der Waals surface area contributed by atoms with Gasteiger partial charge in [-0.2, -0.15) is 0 Å². The fourth-order valence-electron chi connectivity index (χ4n) is 1.95. The largest absolute Gasteiger partial charge is 0.493 e. The molecular weight excluding hydrogens is 268 g/mol. The van der Waals surface area contributed by atoms with E-state index in [4.69, 9.17) is 16.3 Å². The Bertz CT molecular complexity index is 457. The molecule has 1 aliphatic rings. The molecular formula is C14H17ClO4. The Morgan fingerprint density at radius 2 is 2.21 bits per heavy atom. The number of ether oxygens (including phenoxy) is 2. The molecule has 0 spiro atoms. The summed E-state index contributed by atoms with van der Waals surface area (Å²) in [6.07, 6.45) is 2.31. The second-order valence-corrected chi connectivity index (χ2v) is 5.19. The minimum absolute atomic E-state index is 0.378. The van der Waals surface area contributed by atoms with Crippen molar-refractivity contribution in [2.45, 2.75) is 25.4 Å². The van der Waals surface area contributed by atoms with Gasteiger partial charge in [-0.15, -0.1) is 0 Å². The molecule has 0 aromatic heterocycles. The van der Waals surface area contributed by atoms with Crippen molar-refractivity contribution < 1.29 is 19.4 Å². The quantitative estimate of drug-likeness (QED) is 0.845. The van der Waals surface area contributed by atoms with E-state index in [2.05, 4.69) is 4.74 Å². The average Bonchev–Trinajstić information content (AvgIpc) is 2.34. The van der Waals surface area contributed by atoms with E-state index < -0.39 is 12.1 Å². The Hall–Kier alpha value is -1.26. The monoisotopic (exact) mass is 284 g/mol. The van der Waals surface area contributed by atoms with Crippen LogP contribution in [0.5, 0.6) is 5.75 Å². The van der Waals surface area contributed by atoms with Crippen LogP contribution in [0, 0.1) is 5.92 Å². The van der Waals surface area contributed by atoms with Crippen molar-refractivity contribution in [2.24, 2.45) is 5.92 Å². The number of hydrogen-bond acceptors (Lipinski definition) is 4. The van der Waals surface area contributed by atoms with Crippen molar-refractivity contribution in [2.75, 3.05) is 13.7 Å². The Labute approximate surface area is 117 Å². The number of methoxy groups -OCH3 is 1. The van der Waals surface area contributed by atoms with Crippen LogP contribution in [0.15, 0.2) is 18.2 Å². The minimum atomic E-state index is -1.34. The molecule has 1 aromatic carbocycles. The summed E-state index contributed by atoms with van der Waals surface area (Å²) in [6.45, 7) is 0.647. The second-order valence-electron chi connectivity index (χ2n) is 4.75. The third kappa shape index (κ3) is 3.61. The van der Waals surface area contributed by atoms with Gasteiger partial charge < -0.3 is 14.6 Å². The van der Waals surface area contributed by atoms with Crippen molar-refractivity contribution in [1.29, 1.82) is 0 Å². The number of carbonyl (C=O) groups is 1. The second kappa shape index (κ2) is 6.26. The SMILES string of the molecule is COC(=O)C(O)c1cc(Cl)cc(OCC2CCC2)c1. The first kappa shape index (κ1) is 14.2. The van der Waals surface area contributed by atoms with Crippen LogP contribution in [-0.4, -0.2) is 24.8 Å². The lowest BCUT2D eigenvalue weighted by Crippen LogP contribution is -2.19. The summed E-state index contributed by atoms with van der Waals surface area (Å²) in [7, 11) is 1.23. The summed E-state index contributed by atoms with van der Waals surface area (Å²) in [5, 5.41) is 10.2. The van der Waals surface area contributed by atoms with E-state index in [0.29, 0.717) is 28.9 Å². The summed E-state index contributed by atoms with van der Waals surface area (Å²) in [4.78, 5) is 11.3. The van der Waals surface area contributed by atoms with Gasteiger partial charge in [-0.25, -0.2) is 4.79 Å². The van der Waals surface area contributed by atoms with E-state index in [-0.39, 0.29) is 0 Å². The predicted molar refractivity (Wildman–Crippen MR) is 71.3 cm³/mol. The lowest BCUT2D eigenvalue weighted by Gasteiger charge is -2.25. The molecule has 19 heavy (non-hydrogen) atoms. The van der Waals surface area contributed by atoms with Gasteiger partial charge in [-0.05, 0) is 42.5 Å². The Morgan fingerprint density at radius 1 is 1.47 bits per heavy atom. The van der Waals surface area contributed by atoms with Crippen LogP contribution in [0.25, 0.3) is 0 Å². The molecule has 1 aromatic rings. The van der Waals surface area contributed by atoms with Gasteiger partial charge in [0.05, 0.1) is 13.7 Å². The number of aliphatic hydroxyl groups excluding tert-OH is 1. The molecule has 1 unspecified atom stereocenters. The van der Waals surface area contributed by atoms with Crippen molar-refractivity contribution in [3.63, 3.8) is 0 Å². The number of carbonyl (C=O) groups excluding carboxylic acids is 1. The lowest BCUT2D eigenvalue weighted by molar-refractivity contribution is -0.150. The summed E-state index contributed by atoms with van der Waals surface area (Å²) in [5.41, 5.74) is 0.378. The summed E-state index contributed by atoms with van der Waals surface area (Å²) in [6, 6.07) is 4.82. The van der Waals surface area contributed by atoms with E-state index in [1.165, 1.54) is 32.4 Å². The molecule has 0 heterocycles. The third-order valence-corrected chi connectivity index (χ3v) is 3.56. The highest BCUT2D eigenvalue weighted by molar-refractivity contribution is 6.30. The Morgan fingerprint density at radius 3 is 2.79 bits per heavy atom. The molecule has 104 valence electrons. The molecule has 0 saturated heterocycles. The van der Waals surface area contributed by atoms with Crippen molar-refractivity contribution in [1.82, 2.24) is 0 Å². The maximum Gasteiger partial charge on any atom is 0.339 e. The van der Waals surface area contributed by atoms with Crippen molar-refractivity contribution in [3.8, 4) is 5.75 Å². The van der Waals surface area contributed by atoms with Gasteiger partial charge in [-0.1, -0.05) is 18.0 Å². The molecule has 0 aliphatic heterocycles. The van der Waals surface area contributed by atoms with Crippen LogP contribution in [0.1, 0.15) is 30.9 Å². The maximum atomic E-state index is 11.3. The highest BCUT2D eigenvalue weighted by Crippen LogP contribution is 2.29. The maximum absolute atomic E-state index is 11.3. The number of aliphatic hydroxyl groups is 1. The van der Waals surface area contributed by atoms with Gasteiger partial charge in [0.25, 0.3) is 0 Å². The van der Waals surface area contributed by atoms with Crippen LogP contribution in [0.4, 0.5) is 0 Å². The number of hydrogen-bond donors (Lipinski definition) is 1. The van der Waals surface area contributed by atoms with Crippen LogP contribution < -0.4 is 4.74 Å². The molecule has 1 fully saturated rings. The lowest BCUT2D eigenvalue weighted by atomic mass is 9.86. The van der Waals surface area contributed by atoms with Gasteiger partial charge in [0.2, 0.25) is 0 Å². The smallest absolute Gasteiger partial charge is 0.339 e. The normalized spacial score (nSPS) is 16.6. The van der Waals surface area contributed by atoms with Gasteiger partial charge in [0.15, 0.2) is 6.10 Å². The summed E-state index contributed by atoms with van der Waals surface area (Å²) >= 11 is 5.96. The van der Waals surface area contributed by atoms with Gasteiger partial charge >= 0.3 is 5.97 Å². The van der Waals surface area contributed by atoms with Crippen molar-refractivity contribution >= 4 is 17.6 Å². The first-order valence-corrected chi connectivity index (χ1v) is 6.67. The van der Waals surface area contributed by atoms with Crippen LogP contribution in [0.3, 0.4) is 0 Å². The molecule has 0 radical (unpaired) electrons. The Balaban J connectivity index is 2.07. The molecule has 1 atom stereocenters. The highest BCUT2D eigenvalue weighted by atomic mass is 35.5. The fourth-order valence-corrected chi connectivity index (χ4v) is 2.18. The van der Waals surface area contributed by atoms with Crippen LogP contribution in [-0.2, 0) is 9.53 Å². The summed E-state index contributed by atoms with van der Waals surface area (Å²) in [5.74, 6) is 0.456. The molecule has 5 heteroatoms. The van der Waals surface area contributed by atoms with E-state index in [1.807, 2.05) is 0 Å². The molecule has 0 amide bonds. The van der Waals surface area contributed by atoms with Gasteiger partial charge in [0.1, 0.15) is 5.75 Å². The van der Waals surface area contributed by atoms with E-state index in [9.17, 15) is 9.90 Å². The molecule has 1 aliphatic carbocycles. The zero-order valence-electron chi connectivity index (χ0n) is 10.8. The molecule has 2 rings (SSSR count). The molecule has 1 saturated carbocycles. The Kier molecular flexibility index (Phi) is 4.66. The zero-order valence-corrected chi connectivity index (χ0v) is 11.5. The van der Waals surface area contributed by atoms with Crippen LogP contribution in [0.2, 0.25) is 5.02 Å². The molecule has 0 bridgehead atoms. The first-order chi connectivity index (χ1) is 9.10. The fraction of sp³-hybridized carbons (Fsp3) is 0.500. The number of halogens is 1. The van der Waals surface area contributed by atoms with Gasteiger partial charge in [-0.3, -0.25) is 0 Å². The standard InChI is InChI=1S/C14H17ClO4/c1-18-14(17)13(16)10-5-11(15)7-12(6-10)19-8-9-3-2-4-9/h5-7,9,13,16H,2-4,8H2,1H3. The molecule has 4 nitrogen and oxygen atoms in total. The van der Waals surface area contributed by atoms with E-state index in [0.717, 1.165) is 0 Å². The van der Waals surface area contributed by atoms with E-state index >= 15 is 0 Å². The topological polar surface area (TPSA) is 55.8 Å².